The van der Waals surface area contributed by atoms with Crippen LogP contribution in [-0.2, 0) is 46.0 Å². The first-order valence-corrected chi connectivity index (χ1v) is 133. The Kier molecular flexibility index (Phi) is 85.9. The predicted octanol–water partition coefficient (Wildman–Crippen LogP) is 40.9. The largest absolute Gasteiger partial charge is 0.347 e. The van der Waals surface area contributed by atoms with Gasteiger partial charge in [0.15, 0.2) is 11.6 Å². The van der Waals surface area contributed by atoms with Crippen LogP contribution >= 0.6 is 487 Å². The van der Waals surface area contributed by atoms with Crippen molar-refractivity contribution in [2.24, 2.45) is 34.0 Å². The fourth-order valence-corrected chi connectivity index (χ4v) is 371. The molecule has 112 heavy (non-hydrogen) atoms. The number of carbonyl (C=O) groups is 3. The number of Topliss-reactive ketones (excluding diaryl/α,β-unsaturated/α-hetero) is 2. The van der Waals surface area contributed by atoms with Crippen LogP contribution in [0.25, 0.3) is 0 Å². The van der Waals surface area contributed by atoms with E-state index < -0.39 is 104 Å². The van der Waals surface area contributed by atoms with Crippen LogP contribution in [0.2, 0.25) is 13.6 Å². The van der Waals surface area contributed by atoms with E-state index in [1.807, 2.05) is 24.7 Å². The van der Waals surface area contributed by atoms with Gasteiger partial charge in [0, 0.05) is 83.1 Å². The molecule has 0 aromatic carbocycles. The fraction of sp³-hybridized carbons (Fsp3) is 0.744. The maximum atomic E-state index is 15.9. The van der Waals surface area contributed by atoms with Gasteiger partial charge < -0.3 is 36.5 Å². The number of rotatable bonds is 41. The van der Waals surface area contributed by atoms with Gasteiger partial charge >= 0.3 is 0 Å². The molecule has 44 unspecified atom stereocenters. The lowest BCUT2D eigenvalue weighted by molar-refractivity contribution is -0.150. The molecule has 4 aliphatic carbocycles. The van der Waals surface area contributed by atoms with Gasteiger partial charge in [-0.05, 0) is 189 Å². The lowest BCUT2D eigenvalue weighted by Gasteiger charge is -2.55. The van der Waals surface area contributed by atoms with Crippen LogP contribution in [0.15, 0.2) is 47.6 Å². The number of hydrogen-bond donors (Lipinski definition) is 0. The molecule has 4 bridgehead atoms. The van der Waals surface area contributed by atoms with Gasteiger partial charge in [0.2, 0.25) is 0 Å². The molecule has 10 nitrogen and oxygen atoms in total. The minimum absolute atomic E-state index is 0.0281. The molecule has 0 amide bonds. The lowest BCUT2D eigenvalue weighted by Crippen LogP contribution is -2.58. The highest BCUT2D eigenvalue weighted by atomic mass is 127. The van der Waals surface area contributed by atoms with E-state index in [9.17, 15) is 9.59 Å². The highest BCUT2D eigenvalue weighted by Gasteiger charge is 2.60. The molecule has 53 atom stereocenters. The summed E-state index contributed by atoms with van der Waals surface area (Å²) in [4.78, 5) is 41.6. The number of fused-ring (bicyclic) bond motifs is 4. The summed E-state index contributed by atoms with van der Waals surface area (Å²) in [5, 5.41) is 0. The van der Waals surface area contributed by atoms with Crippen molar-refractivity contribution in [1.82, 2.24) is 0 Å². The van der Waals surface area contributed by atoms with E-state index in [4.69, 9.17) is 33.0 Å². The molecule has 0 radical (unpaired) electrons. The van der Waals surface area contributed by atoms with E-state index >= 15 is 4.79 Å². The summed E-state index contributed by atoms with van der Waals surface area (Å²) >= 11 is 2.15. The van der Waals surface area contributed by atoms with Crippen LogP contribution in [0.3, 0.4) is 0 Å². The Balaban J connectivity index is 0.00000198. The number of halogens is 1. The normalized spacial score (nSPS) is 26.5. The van der Waals surface area contributed by atoms with Crippen molar-refractivity contribution < 1.29 is 46.0 Å². The van der Waals surface area contributed by atoms with Crippen molar-refractivity contribution >= 4 is 512 Å². The molecule has 0 spiro atoms. The Morgan fingerprint density at radius 1 is 0.500 bits per heavy atom. The standard InChI is InChI=1S/C20H64O5P32.C15H49O4P25.C5H8O.C2H7B.CH3I/c1-6-7-8-15(25-45(48(28)29)49(30)31)20(5)10-14(24-46(50(32)33)56(44-27)52(36)37)16-11(2)13(9-12(19(16,3)4)17(18(20)21)22-43-26)23-47(55(42)51(34)35)57(53(38)39)54(40)41;1-7-5-11(19-35(37(22)23)43(34-21)39(26)27)12-8(2)10(6-9(15(12,3)4)14(13(7)16)17-33-20)18-36(42(32)38(24)25)44(40(28)29)41(30)31;1-2-3-4-5-6;1-3-2;1-2/h6,12-15,17,43-44H,1,7-10,26-42H2,2-5H3;7,9-11,14,33-34H,5-6,20-32H2,1-4H3;2,5H,1,3-4H2;3H,1-2H3;1H3/t12?,13-,14+,15-,17+,20+,46?,47?,55?,56?;7-,9?,10+,11-,14-,35?,36?,42?,43?;;;/m01.../s1/i;;;3D;. The monoisotopic (exact) mass is 2710 g/mol. The van der Waals surface area contributed by atoms with Gasteiger partial charge in [-0.3, -0.25) is 9.59 Å². The molecule has 2 saturated carbocycles. The van der Waals surface area contributed by atoms with Crippen molar-refractivity contribution in [2.75, 3.05) is 4.93 Å². The van der Waals surface area contributed by atoms with Crippen LogP contribution in [0.4, 0.5) is 0 Å². The molecule has 0 saturated heterocycles. The van der Waals surface area contributed by atoms with Crippen molar-refractivity contribution in [1.29, 1.82) is 1.34 Å². The summed E-state index contributed by atoms with van der Waals surface area (Å²) in [6.07, 6.45) is 8.40. The van der Waals surface area contributed by atoms with E-state index in [0.29, 0.717) is 19.3 Å². The zero-order chi connectivity index (χ0) is 88.2. The number of unbranched alkanes of at least 4 members (excludes halogenated alkanes) is 1. The maximum absolute atomic E-state index is 15.9. The third kappa shape index (κ3) is 44.2. The molecular weight excluding hydrogens is 2580 g/mol. The van der Waals surface area contributed by atoms with Gasteiger partial charge in [-0.2, -0.15) is 0 Å². The van der Waals surface area contributed by atoms with Gasteiger partial charge in [-0.15, -0.1) is 245 Å². The second-order valence-corrected chi connectivity index (χ2v) is 218. The van der Waals surface area contributed by atoms with E-state index in [-0.39, 0.29) is 172 Å². The molecular formula is C43H131BIO10P57. The van der Waals surface area contributed by atoms with Crippen LogP contribution < -0.4 is 0 Å². The zero-order valence-corrected chi connectivity index (χ0v) is 126. The van der Waals surface area contributed by atoms with Crippen LogP contribution in [-0.4, -0.2) is 74.1 Å². The first kappa shape index (κ1) is 133. The number of aldehydes is 1. The molecule has 2 fully saturated rings. The Bertz CT molecular complexity index is 2810. The molecule has 0 aromatic rings. The SMILES string of the molecule is C=CCCC=O.C=CCC[C@H](OP(P(P)P)P(P)P)[C@@]1(C)C[C@@H](OP(P(P)P)P(PP)P(P)P)C2=C(C)[C@@H](OP(P(P)P(P)P)P(P(P)P)P(P)P)CC([C@@H](OPP)C1=O)C2(C)C.CC1=C2[C@H](OP(P(P)P)P(PP)P(P)P)C[C@@H](C)C(=O)[C@H](OPP)C(C[C@@H]1OP(P(P)P(P)P)P(P(P)P)P(P)P)C2(C)C.CI.[2H]B(C)C. The first-order valence-electron chi connectivity index (χ1n) is 33.2. The minimum Gasteiger partial charge on any atom is -0.347 e. The minimum atomic E-state index is -0.865. The predicted molar refractivity (Wildman–Crippen MR) is 707 cm³/mol. The van der Waals surface area contributed by atoms with E-state index in [1.54, 1.807) is 6.08 Å². The Labute approximate surface area is 799 Å². The van der Waals surface area contributed by atoms with Gasteiger partial charge in [0.25, 0.3) is 0 Å². The van der Waals surface area contributed by atoms with Crippen LogP contribution in [0.5, 0.6) is 0 Å². The smallest absolute Gasteiger partial charge is 0.170 e. The Morgan fingerprint density at radius 2 is 0.839 bits per heavy atom. The van der Waals surface area contributed by atoms with E-state index in [0.717, 1.165) is 54.3 Å². The summed E-state index contributed by atoms with van der Waals surface area (Å²) in [5.41, 5.74) is 3.86. The molecule has 0 aromatic heterocycles. The zero-order valence-electron chi connectivity index (χ0n) is 65.7. The first-order chi connectivity index (χ1) is 52.3. The Morgan fingerprint density at radius 3 is 1.14 bits per heavy atom. The van der Waals surface area contributed by atoms with Crippen molar-refractivity contribution in [3.63, 3.8) is 0 Å². The summed E-state index contributed by atoms with van der Waals surface area (Å²) < 4.78 is 57.6. The third-order valence-corrected chi connectivity index (χ3v) is 277. The topological polar surface area (TPSA) is 116 Å². The van der Waals surface area contributed by atoms with Crippen LogP contribution in [0, 0.1) is 34.0 Å². The molecule has 0 N–H and O–H groups in total. The average molecular weight is 2710 g/mol. The number of alkyl halides is 1. The average Bonchev–Trinajstić information content (AvgIpc) is 0.725. The molecule has 69 heteroatoms. The van der Waals surface area contributed by atoms with Crippen molar-refractivity contribution in [2.45, 2.75) is 163 Å². The quantitative estimate of drug-likeness (QED) is 0.0111. The second-order valence-electron chi connectivity index (χ2n) is 25.4. The molecule has 0 aliphatic heterocycles. The van der Waals surface area contributed by atoms with Gasteiger partial charge in [0.1, 0.15) is 25.7 Å². The van der Waals surface area contributed by atoms with Gasteiger partial charge in [-0.1, -0.05) is 135 Å². The number of hydrogen-bond acceptors (Lipinski definition) is 10. The molecule has 4 aliphatic rings. The number of ketones is 2. The maximum Gasteiger partial charge on any atom is 0.170 e. The lowest BCUT2D eigenvalue weighted by atomic mass is 9.55. The molecule has 658 valence electrons. The summed E-state index contributed by atoms with van der Waals surface area (Å²) in [5.74, 6) is 0.189. The van der Waals surface area contributed by atoms with E-state index in [2.05, 4.69) is 359 Å². The summed E-state index contributed by atoms with van der Waals surface area (Å²) in [7, 11) is 90.8. The van der Waals surface area contributed by atoms with Crippen LogP contribution in [0.1, 0.15) is 107 Å². The highest BCUT2D eigenvalue weighted by Crippen LogP contribution is 3.20. The summed E-state index contributed by atoms with van der Waals surface area (Å²) in [6.45, 7) is 22.8. The van der Waals surface area contributed by atoms with Crippen molar-refractivity contribution in [3.05, 3.63) is 47.6 Å². The number of allylic oxidation sites excluding steroid dienone is 2. The Hall–Kier alpha value is 23.0. The highest BCUT2D eigenvalue weighted by molar-refractivity contribution is 14.1. The van der Waals surface area contributed by atoms with Crippen molar-refractivity contribution in [3.8, 4) is 0 Å². The van der Waals surface area contributed by atoms with Gasteiger partial charge in [-0.25, -0.2) is 0 Å². The summed E-state index contributed by atoms with van der Waals surface area (Å²) in [6, 6.07) is 0. The van der Waals surface area contributed by atoms with E-state index in [1.165, 1.54) is 22.3 Å². The number of carbonyl (C=O) groups excluding carboxylic acids is 3. The van der Waals surface area contributed by atoms with Gasteiger partial charge in [0.05, 0.1) is 73.6 Å². The molecule has 0 heterocycles. The molecule has 4 rings (SSSR count). The third-order valence-electron chi connectivity index (χ3n) is 17.2. The second kappa shape index (κ2) is 72.3. The fourth-order valence-electron chi connectivity index (χ4n) is 12.4.